The maximum Gasteiger partial charge on any atom is 0.337 e. The Morgan fingerprint density at radius 2 is 1.04 bits per heavy atom. The third-order valence-electron chi connectivity index (χ3n) is 2.60. The summed E-state index contributed by atoms with van der Waals surface area (Å²) in [6.45, 7) is 0.224. The predicted octanol–water partition coefficient (Wildman–Crippen LogP) is -1.10. The van der Waals surface area contributed by atoms with E-state index < -0.39 is 46.1 Å². The molecule has 7 N–H and O–H groups in total. The molecule has 1 rings (SSSR count). The Balaban J connectivity index is 0.000000636. The molecule has 0 aliphatic rings. The van der Waals surface area contributed by atoms with Crippen molar-refractivity contribution in [1.29, 1.82) is 0 Å². The van der Waals surface area contributed by atoms with E-state index in [2.05, 4.69) is 15.3 Å². The van der Waals surface area contributed by atoms with Crippen LogP contribution in [-0.4, -0.2) is 80.9 Å². The Kier molecular flexibility index (Phi) is 10.9. The van der Waals surface area contributed by atoms with Crippen molar-refractivity contribution in [2.24, 2.45) is 0 Å². The molecule has 0 heterocycles. The molecule has 0 atom stereocenters. The van der Waals surface area contributed by atoms with Gasteiger partial charge in [-0.1, -0.05) is 5.64 Å². The third kappa shape index (κ3) is 7.76. The number of aliphatic hydroxyl groups is 2. The van der Waals surface area contributed by atoms with Gasteiger partial charge in [-0.3, -0.25) is 9.68 Å². The number of aliphatic hydroxyl groups excluding tert-OH is 2. The van der Waals surface area contributed by atoms with Crippen molar-refractivity contribution in [3.63, 3.8) is 0 Å². The summed E-state index contributed by atoms with van der Waals surface area (Å²) in [6, 6.07) is 1.48. The van der Waals surface area contributed by atoms with Crippen LogP contribution in [0.25, 0.3) is 0 Å². The second-order valence-electron chi connectivity index (χ2n) is 4.36. The molecular weight excluding hydrogens is 374 g/mol. The number of carbonyl (C=O) groups is 4. The summed E-state index contributed by atoms with van der Waals surface area (Å²) in [7, 11) is 0. The fourth-order valence-corrected chi connectivity index (χ4v) is 1.62. The first-order valence-corrected chi connectivity index (χ1v) is 6.99. The highest BCUT2D eigenvalue weighted by Crippen LogP contribution is 2.20. The van der Waals surface area contributed by atoms with E-state index >= 15 is 0 Å². The summed E-state index contributed by atoms with van der Waals surface area (Å²) in [5, 5.41) is 51.5. The van der Waals surface area contributed by atoms with Crippen molar-refractivity contribution in [3.8, 4) is 0 Å². The minimum atomic E-state index is -1.83. The molecule has 0 amide bonds. The average molecular weight is 391 g/mol. The molecule has 0 aromatic heterocycles. The molecule has 0 saturated heterocycles. The number of aromatic carboxylic acids is 4. The van der Waals surface area contributed by atoms with Gasteiger partial charge >= 0.3 is 23.9 Å². The lowest BCUT2D eigenvalue weighted by atomic mass is 9.95. The Morgan fingerprint density at radius 3 is 1.26 bits per heavy atom. The Labute approximate surface area is 150 Å². The lowest BCUT2D eigenvalue weighted by Crippen LogP contribution is -2.19. The van der Waals surface area contributed by atoms with E-state index in [1.807, 2.05) is 0 Å². The molecule has 0 saturated carbocycles. The summed E-state index contributed by atoms with van der Waals surface area (Å²) in [5.74, 6) is -6.97. The van der Waals surface area contributed by atoms with Crippen molar-refractivity contribution in [2.75, 3.05) is 26.4 Å². The molecule has 0 fully saturated rings. The molecule has 150 valence electrons. The number of benzene rings is 1. The van der Waals surface area contributed by atoms with Gasteiger partial charge in [-0.05, 0) is 12.1 Å². The van der Waals surface area contributed by atoms with Crippen molar-refractivity contribution < 1.29 is 59.5 Å². The summed E-state index contributed by atoms with van der Waals surface area (Å²) >= 11 is 0. The quantitative estimate of drug-likeness (QED) is 0.186. The van der Waals surface area contributed by atoms with Crippen LogP contribution in [0.5, 0.6) is 0 Å². The molecule has 0 radical (unpaired) electrons. The van der Waals surface area contributed by atoms with Gasteiger partial charge in [0.1, 0.15) is 0 Å². The minimum absolute atomic E-state index is 0.0600. The lowest BCUT2D eigenvalue weighted by Gasteiger charge is -2.08. The summed E-state index contributed by atoms with van der Waals surface area (Å²) in [5.41, 5.74) is -1.63. The fraction of sp³-hybridized carbons (Fsp3) is 0.286. The topological polar surface area (TPSA) is 220 Å². The Hall–Kier alpha value is -3.10. The normalized spacial score (nSPS) is 9.85. The zero-order valence-corrected chi connectivity index (χ0v) is 13.6. The van der Waals surface area contributed by atoms with Gasteiger partial charge in [0.05, 0.1) is 48.7 Å². The van der Waals surface area contributed by atoms with Crippen molar-refractivity contribution in [3.05, 3.63) is 34.4 Å². The van der Waals surface area contributed by atoms with Crippen LogP contribution in [-0.2, 0) is 9.68 Å². The van der Waals surface area contributed by atoms with E-state index in [0.717, 1.165) is 12.1 Å². The van der Waals surface area contributed by atoms with Crippen molar-refractivity contribution >= 4 is 23.9 Å². The predicted molar refractivity (Wildman–Crippen MR) is 83.5 cm³/mol. The van der Waals surface area contributed by atoms with Crippen LogP contribution in [0.3, 0.4) is 0 Å². The standard InChI is InChI=1S/C10H6O8.C4H11NO4/c11-7(12)3-1-2-4(8(13)14)6(10(17)18)5(3)9(15)16;6-1-3-8-5-9-4-2-7/h1-2H,(H,11,12)(H,13,14)(H,15,16)(H,17,18);5-7H,1-4H2. The molecular formula is C14H17NO12. The number of nitrogens with one attached hydrogen (secondary N) is 1. The van der Waals surface area contributed by atoms with Crippen LogP contribution in [0, 0.1) is 0 Å². The zero-order chi connectivity index (χ0) is 21.0. The van der Waals surface area contributed by atoms with Crippen LogP contribution in [0.4, 0.5) is 0 Å². The molecule has 0 unspecified atom stereocenters. The van der Waals surface area contributed by atoms with Crippen LogP contribution in [0.2, 0.25) is 0 Å². The van der Waals surface area contributed by atoms with E-state index in [1.165, 1.54) is 0 Å². The van der Waals surface area contributed by atoms with E-state index in [9.17, 15) is 19.2 Å². The van der Waals surface area contributed by atoms with Gasteiger partial charge in [-0.25, -0.2) is 19.2 Å². The van der Waals surface area contributed by atoms with Gasteiger partial charge in [0.2, 0.25) is 0 Å². The SMILES string of the molecule is O=C(O)c1ccc(C(=O)O)c(C(=O)O)c1C(=O)O.OCCONOCCO. The summed E-state index contributed by atoms with van der Waals surface area (Å²) < 4.78 is 0. The second-order valence-corrected chi connectivity index (χ2v) is 4.36. The lowest BCUT2D eigenvalue weighted by molar-refractivity contribution is -0.178. The van der Waals surface area contributed by atoms with Gasteiger partial charge in [-0.2, -0.15) is 0 Å². The molecule has 1 aromatic rings. The smallest absolute Gasteiger partial charge is 0.337 e. The number of carboxylic acid groups (broad SMARTS) is 4. The maximum atomic E-state index is 10.9. The first kappa shape index (κ1) is 23.9. The van der Waals surface area contributed by atoms with E-state index in [0.29, 0.717) is 0 Å². The minimum Gasteiger partial charge on any atom is -0.478 e. The van der Waals surface area contributed by atoms with Crippen molar-refractivity contribution in [1.82, 2.24) is 5.64 Å². The molecule has 13 nitrogen and oxygen atoms in total. The van der Waals surface area contributed by atoms with E-state index in [-0.39, 0.29) is 26.4 Å². The number of rotatable bonds is 10. The van der Waals surface area contributed by atoms with Crippen LogP contribution >= 0.6 is 0 Å². The van der Waals surface area contributed by atoms with Gasteiger partial charge in [0.15, 0.2) is 0 Å². The van der Waals surface area contributed by atoms with Gasteiger partial charge < -0.3 is 30.6 Å². The first-order chi connectivity index (χ1) is 12.7. The number of hydrogen-bond donors (Lipinski definition) is 7. The second kappa shape index (κ2) is 12.3. The van der Waals surface area contributed by atoms with Gasteiger partial charge in [-0.15, -0.1) is 0 Å². The highest BCUT2D eigenvalue weighted by atomic mass is 16.9. The molecule has 13 heteroatoms. The highest BCUT2D eigenvalue weighted by Gasteiger charge is 2.29. The zero-order valence-electron chi connectivity index (χ0n) is 13.6. The molecule has 1 aromatic carbocycles. The van der Waals surface area contributed by atoms with Crippen LogP contribution < -0.4 is 5.64 Å². The first-order valence-electron chi connectivity index (χ1n) is 6.99. The average Bonchev–Trinajstić information content (AvgIpc) is 2.60. The van der Waals surface area contributed by atoms with E-state index in [1.54, 1.807) is 0 Å². The maximum absolute atomic E-state index is 10.9. The monoisotopic (exact) mass is 391 g/mol. The summed E-state index contributed by atoms with van der Waals surface area (Å²) in [6.07, 6.45) is 0. The summed E-state index contributed by atoms with van der Waals surface area (Å²) in [4.78, 5) is 52.3. The molecule has 0 aliphatic carbocycles. The molecule has 0 bridgehead atoms. The Bertz CT molecular complexity index is 630. The highest BCUT2D eigenvalue weighted by molar-refractivity contribution is 6.13. The van der Waals surface area contributed by atoms with E-state index in [4.69, 9.17) is 30.6 Å². The molecule has 0 aliphatic heterocycles. The molecule has 27 heavy (non-hydrogen) atoms. The van der Waals surface area contributed by atoms with Gasteiger partial charge in [0, 0.05) is 0 Å². The van der Waals surface area contributed by atoms with Gasteiger partial charge in [0.25, 0.3) is 0 Å². The number of hydrogen-bond acceptors (Lipinski definition) is 9. The largest absolute Gasteiger partial charge is 0.478 e. The third-order valence-corrected chi connectivity index (χ3v) is 2.60. The Morgan fingerprint density at radius 1 is 0.704 bits per heavy atom. The fourth-order valence-electron chi connectivity index (χ4n) is 1.62. The van der Waals surface area contributed by atoms with Crippen molar-refractivity contribution in [2.45, 2.75) is 0 Å². The molecule has 0 spiro atoms. The van der Waals surface area contributed by atoms with Crippen LogP contribution in [0.15, 0.2) is 12.1 Å². The van der Waals surface area contributed by atoms with Crippen LogP contribution in [0.1, 0.15) is 41.4 Å². The number of carboxylic acids is 4.